The largest absolute Gasteiger partial charge is 0.468 e. The summed E-state index contributed by atoms with van der Waals surface area (Å²) in [5.74, 6) is 0.880. The van der Waals surface area contributed by atoms with Gasteiger partial charge in [0.05, 0.1) is 5.36 Å². The van der Waals surface area contributed by atoms with Crippen LogP contribution in [0, 0.1) is 0 Å². The summed E-state index contributed by atoms with van der Waals surface area (Å²) in [6, 6.07) is 3.91. The Balaban J connectivity index is 2.50. The third-order valence-electron chi connectivity index (χ3n) is 2.05. The number of hydrogen-bond acceptors (Lipinski definition) is 3. The van der Waals surface area contributed by atoms with E-state index in [-0.39, 0.29) is 0 Å². The lowest BCUT2D eigenvalue weighted by molar-refractivity contribution is 0.351. The molecule has 0 unspecified atom stereocenters. The molecule has 0 radical (unpaired) electrons. The van der Waals surface area contributed by atoms with Crippen LogP contribution < -0.4 is 15.5 Å². The van der Waals surface area contributed by atoms with E-state index in [1.54, 1.807) is 6.20 Å². The van der Waals surface area contributed by atoms with Crippen molar-refractivity contribution in [3.8, 4) is 5.75 Å². The Morgan fingerprint density at radius 1 is 1.25 bits per heavy atom. The van der Waals surface area contributed by atoms with E-state index in [1.165, 1.54) is 0 Å². The highest BCUT2D eigenvalue weighted by atomic mass is 16.5. The molecule has 0 fully saturated rings. The van der Waals surface area contributed by atoms with Crippen molar-refractivity contribution in [1.29, 1.82) is 0 Å². The average molecular weight is 158 g/mol. The van der Waals surface area contributed by atoms with Gasteiger partial charge >= 0.3 is 0 Å². The van der Waals surface area contributed by atoms with Crippen LogP contribution in [0.1, 0.15) is 5.56 Å². The minimum absolute atomic E-state index is 0.444. The summed E-state index contributed by atoms with van der Waals surface area (Å²) in [5, 5.41) is 1.92. The summed E-state index contributed by atoms with van der Waals surface area (Å²) < 4.78 is 5.36. The van der Waals surface area contributed by atoms with Gasteiger partial charge in [-0.2, -0.15) is 0 Å². The lowest BCUT2D eigenvalue weighted by Gasteiger charge is -1.97. The number of hydrogen-bond donors (Lipinski definition) is 0. The highest BCUT2D eigenvalue weighted by Gasteiger charge is 2.12. The zero-order valence-corrected chi connectivity index (χ0v) is 6.32. The van der Waals surface area contributed by atoms with Crippen molar-refractivity contribution >= 4 is 6.08 Å². The molecule has 2 heterocycles. The molecule has 0 saturated carbocycles. The van der Waals surface area contributed by atoms with Crippen molar-refractivity contribution in [2.24, 2.45) is 9.98 Å². The second-order valence-corrected chi connectivity index (χ2v) is 2.72. The Morgan fingerprint density at radius 3 is 3.17 bits per heavy atom. The molecule has 2 aliphatic rings. The molecule has 3 nitrogen and oxygen atoms in total. The van der Waals surface area contributed by atoms with E-state index in [0.29, 0.717) is 6.73 Å². The van der Waals surface area contributed by atoms with Crippen molar-refractivity contribution in [2.45, 2.75) is 0 Å². The lowest BCUT2D eigenvalue weighted by Crippen LogP contribution is -2.11. The first-order valence-corrected chi connectivity index (χ1v) is 3.80. The van der Waals surface area contributed by atoms with E-state index < -0.39 is 0 Å². The van der Waals surface area contributed by atoms with Crippen molar-refractivity contribution in [2.75, 3.05) is 6.73 Å². The van der Waals surface area contributed by atoms with Crippen molar-refractivity contribution < 1.29 is 4.74 Å². The third-order valence-corrected chi connectivity index (χ3v) is 2.05. The monoisotopic (exact) mass is 158 g/mol. The van der Waals surface area contributed by atoms with Crippen molar-refractivity contribution in [3.63, 3.8) is 0 Å². The first-order chi connectivity index (χ1) is 5.95. The van der Waals surface area contributed by atoms with Crippen LogP contribution in [0.3, 0.4) is 0 Å². The molecule has 0 saturated heterocycles. The molecule has 3 rings (SSSR count). The Labute approximate surface area is 68.7 Å². The molecule has 1 aromatic rings. The highest BCUT2D eigenvalue weighted by Crippen LogP contribution is 2.16. The van der Waals surface area contributed by atoms with Gasteiger partial charge in [-0.05, 0) is 18.2 Å². The first kappa shape index (κ1) is 5.94. The Kier molecular flexibility index (Phi) is 0.961. The van der Waals surface area contributed by atoms with Crippen LogP contribution in [0.4, 0.5) is 0 Å². The van der Waals surface area contributed by atoms with Gasteiger partial charge in [0, 0.05) is 11.8 Å². The molecular weight excluding hydrogens is 152 g/mol. The smallest absolute Gasteiger partial charge is 0.180 e. The van der Waals surface area contributed by atoms with E-state index in [4.69, 9.17) is 4.74 Å². The Hall–Kier alpha value is -1.64. The second kappa shape index (κ2) is 1.94. The minimum atomic E-state index is 0.444. The minimum Gasteiger partial charge on any atom is -0.468 e. The quantitative estimate of drug-likeness (QED) is 0.533. The standard InChI is InChI=1S/C9H6N2O/c1-2-8-9(12-5-11-8)6-3-4-10-7(1)6/h1-4H,5H2. The predicted octanol–water partition coefficient (Wildman–Crippen LogP) is 0.260. The SMILES string of the molecule is C1=Cc2c3c(ccc2=N1)=NCO3. The summed E-state index contributed by atoms with van der Waals surface area (Å²) in [6.07, 6.45) is 3.74. The molecule has 0 amide bonds. The molecule has 58 valence electrons. The van der Waals surface area contributed by atoms with E-state index in [2.05, 4.69) is 9.98 Å². The van der Waals surface area contributed by atoms with Gasteiger partial charge in [0.25, 0.3) is 0 Å². The molecule has 0 N–H and O–H groups in total. The van der Waals surface area contributed by atoms with Crippen LogP contribution in [-0.4, -0.2) is 6.73 Å². The maximum Gasteiger partial charge on any atom is 0.180 e. The van der Waals surface area contributed by atoms with Crippen LogP contribution in [0.2, 0.25) is 0 Å². The fraction of sp³-hybridized carbons (Fsp3) is 0.111. The fourth-order valence-electron chi connectivity index (χ4n) is 1.49. The molecule has 0 spiro atoms. The fourth-order valence-corrected chi connectivity index (χ4v) is 1.49. The summed E-state index contributed by atoms with van der Waals surface area (Å²) >= 11 is 0. The molecule has 0 atom stereocenters. The van der Waals surface area contributed by atoms with Crippen LogP contribution in [0.25, 0.3) is 6.08 Å². The van der Waals surface area contributed by atoms with Gasteiger partial charge in [-0.3, -0.25) is 4.99 Å². The average Bonchev–Trinajstić information content (AvgIpc) is 2.71. The predicted molar refractivity (Wildman–Crippen MR) is 43.3 cm³/mol. The maximum atomic E-state index is 5.36. The number of benzene rings is 1. The zero-order chi connectivity index (χ0) is 7.97. The van der Waals surface area contributed by atoms with Crippen LogP contribution in [0.15, 0.2) is 28.3 Å². The highest BCUT2D eigenvalue weighted by molar-refractivity contribution is 5.59. The molecule has 0 aliphatic carbocycles. The molecule has 2 aliphatic heterocycles. The summed E-state index contributed by atoms with van der Waals surface area (Å²) in [5.41, 5.74) is 1.06. The van der Waals surface area contributed by atoms with Crippen LogP contribution >= 0.6 is 0 Å². The number of ether oxygens (including phenoxy) is 1. The van der Waals surface area contributed by atoms with Gasteiger partial charge in [0.2, 0.25) is 0 Å². The summed E-state index contributed by atoms with van der Waals surface area (Å²) in [7, 11) is 0. The van der Waals surface area contributed by atoms with E-state index >= 15 is 0 Å². The van der Waals surface area contributed by atoms with E-state index in [9.17, 15) is 0 Å². The summed E-state index contributed by atoms with van der Waals surface area (Å²) in [6.45, 7) is 0.444. The molecule has 3 heteroatoms. The van der Waals surface area contributed by atoms with E-state index in [1.807, 2.05) is 18.2 Å². The van der Waals surface area contributed by atoms with Gasteiger partial charge in [0.1, 0.15) is 5.36 Å². The van der Waals surface area contributed by atoms with Crippen molar-refractivity contribution in [3.05, 3.63) is 34.6 Å². The molecular formula is C9H6N2O. The number of rotatable bonds is 0. The van der Waals surface area contributed by atoms with Crippen molar-refractivity contribution in [1.82, 2.24) is 0 Å². The topological polar surface area (TPSA) is 34.0 Å². The van der Waals surface area contributed by atoms with Crippen LogP contribution in [0.5, 0.6) is 5.75 Å². The van der Waals surface area contributed by atoms with Gasteiger partial charge in [-0.25, -0.2) is 4.99 Å². The first-order valence-electron chi connectivity index (χ1n) is 3.80. The normalized spacial score (nSPS) is 16.0. The second-order valence-electron chi connectivity index (χ2n) is 2.72. The third kappa shape index (κ3) is 0.605. The van der Waals surface area contributed by atoms with Crippen LogP contribution in [-0.2, 0) is 0 Å². The number of nitrogens with zero attached hydrogens (tertiary/aromatic N) is 2. The molecule has 0 aromatic heterocycles. The molecule has 1 aromatic carbocycles. The Bertz CT molecular complexity index is 488. The zero-order valence-electron chi connectivity index (χ0n) is 6.32. The molecule has 12 heavy (non-hydrogen) atoms. The van der Waals surface area contributed by atoms with Gasteiger partial charge in [-0.15, -0.1) is 0 Å². The van der Waals surface area contributed by atoms with Gasteiger partial charge in [-0.1, -0.05) is 0 Å². The van der Waals surface area contributed by atoms with E-state index in [0.717, 1.165) is 22.0 Å². The summed E-state index contributed by atoms with van der Waals surface area (Å²) in [4.78, 5) is 8.35. The molecule has 0 bridgehead atoms. The Morgan fingerprint density at radius 2 is 2.17 bits per heavy atom. The lowest BCUT2D eigenvalue weighted by atomic mass is 10.2. The number of fused-ring (bicyclic) bond motifs is 3. The van der Waals surface area contributed by atoms with Gasteiger partial charge in [0.15, 0.2) is 12.5 Å². The maximum absolute atomic E-state index is 5.36. The van der Waals surface area contributed by atoms with Gasteiger partial charge < -0.3 is 4.74 Å².